The maximum absolute atomic E-state index is 13.4. The first-order valence-corrected chi connectivity index (χ1v) is 11.9. The summed E-state index contributed by atoms with van der Waals surface area (Å²) in [5.74, 6) is -3.19. The van der Waals surface area contributed by atoms with Crippen molar-refractivity contribution in [2.45, 2.75) is 57.7 Å². The van der Waals surface area contributed by atoms with Gasteiger partial charge < -0.3 is 25.0 Å². The number of carbonyl (C=O) groups is 4. The van der Waals surface area contributed by atoms with Gasteiger partial charge in [-0.15, -0.1) is 0 Å². The van der Waals surface area contributed by atoms with Crippen LogP contribution in [-0.2, 0) is 27.3 Å². The summed E-state index contributed by atoms with van der Waals surface area (Å²) in [5.41, 5.74) is 2.14. The highest BCUT2D eigenvalue weighted by atomic mass is 16.5. The third-order valence-electron chi connectivity index (χ3n) is 6.99. The molecule has 1 aromatic carbocycles. The van der Waals surface area contributed by atoms with Gasteiger partial charge in [0.05, 0.1) is 24.5 Å². The molecule has 3 N–H and O–H groups in total. The number of amides is 2. The molecule has 9 heteroatoms. The van der Waals surface area contributed by atoms with Crippen molar-refractivity contribution in [2.75, 3.05) is 7.11 Å². The van der Waals surface area contributed by atoms with Gasteiger partial charge in [0.1, 0.15) is 17.6 Å². The van der Waals surface area contributed by atoms with Crippen LogP contribution in [0.1, 0.15) is 54.2 Å². The first-order chi connectivity index (χ1) is 16.7. The van der Waals surface area contributed by atoms with Gasteiger partial charge in [0, 0.05) is 30.9 Å². The third-order valence-corrected chi connectivity index (χ3v) is 6.99. The highest BCUT2D eigenvalue weighted by molar-refractivity contribution is 6.00. The maximum atomic E-state index is 13.4. The molecule has 35 heavy (non-hydrogen) atoms. The van der Waals surface area contributed by atoms with Crippen molar-refractivity contribution in [1.82, 2.24) is 15.2 Å². The molecule has 0 bridgehead atoms. The van der Waals surface area contributed by atoms with Crippen LogP contribution in [0.2, 0.25) is 0 Å². The number of aromatic nitrogens is 1. The molecule has 186 valence electrons. The number of methoxy groups -OCH3 is 1. The summed E-state index contributed by atoms with van der Waals surface area (Å²) in [5, 5.41) is 15.4. The summed E-state index contributed by atoms with van der Waals surface area (Å²) in [4.78, 5) is 51.2. The summed E-state index contributed by atoms with van der Waals surface area (Å²) < 4.78 is 7.12. The highest BCUT2D eigenvalue weighted by Crippen LogP contribution is 2.38. The maximum Gasteiger partial charge on any atom is 0.308 e. The number of benzene rings is 1. The van der Waals surface area contributed by atoms with E-state index in [1.807, 2.05) is 30.7 Å². The lowest BCUT2D eigenvalue weighted by Crippen LogP contribution is -2.54. The predicted octanol–water partition coefficient (Wildman–Crippen LogP) is 2.14. The Hall–Kier alpha value is -3.62. The van der Waals surface area contributed by atoms with Crippen molar-refractivity contribution >= 4 is 23.6 Å². The topological polar surface area (TPSA) is 127 Å². The molecule has 2 aromatic rings. The van der Waals surface area contributed by atoms with Gasteiger partial charge in [-0.2, -0.15) is 0 Å². The van der Waals surface area contributed by atoms with Gasteiger partial charge in [0.25, 0.3) is 5.91 Å². The molecule has 0 saturated heterocycles. The quantitative estimate of drug-likeness (QED) is 0.556. The molecule has 2 heterocycles. The number of rotatable bonds is 7. The number of carbonyl (C=O) groups excluding carboxylic acids is 3. The Morgan fingerprint density at radius 3 is 2.60 bits per heavy atom. The first-order valence-electron chi connectivity index (χ1n) is 11.9. The zero-order valence-corrected chi connectivity index (χ0v) is 20.1. The Labute approximate surface area is 203 Å². The Morgan fingerprint density at radius 2 is 1.91 bits per heavy atom. The van der Waals surface area contributed by atoms with E-state index in [0.29, 0.717) is 24.2 Å². The van der Waals surface area contributed by atoms with Crippen LogP contribution in [0.3, 0.4) is 0 Å². The molecule has 4 rings (SSSR count). The van der Waals surface area contributed by atoms with Crippen LogP contribution in [0.5, 0.6) is 5.75 Å². The normalized spacial score (nSPS) is 22.1. The van der Waals surface area contributed by atoms with E-state index in [-0.39, 0.29) is 30.6 Å². The number of carboxylic acids is 1. The van der Waals surface area contributed by atoms with E-state index < -0.39 is 35.8 Å². The molecule has 1 aliphatic carbocycles. The molecule has 0 fully saturated rings. The summed E-state index contributed by atoms with van der Waals surface area (Å²) in [6, 6.07) is 7.41. The van der Waals surface area contributed by atoms with Crippen LogP contribution in [0, 0.1) is 11.8 Å². The van der Waals surface area contributed by atoms with Crippen LogP contribution in [0.15, 0.2) is 36.5 Å². The smallest absolute Gasteiger partial charge is 0.308 e. The molecule has 1 aromatic heterocycles. The van der Waals surface area contributed by atoms with Crippen molar-refractivity contribution in [2.24, 2.45) is 11.8 Å². The van der Waals surface area contributed by atoms with Gasteiger partial charge in [0.2, 0.25) is 5.91 Å². The van der Waals surface area contributed by atoms with Crippen LogP contribution < -0.4 is 15.4 Å². The SMILES string of the molecule is COc1ccccc1C(=O)NC(C(=O)N[C@H]1CCc2ccn3c2C1C(=O)C[C@H](C(=O)O)C3)C(C)C. The van der Waals surface area contributed by atoms with Crippen LogP contribution in [0.25, 0.3) is 0 Å². The van der Waals surface area contributed by atoms with Gasteiger partial charge in [0.15, 0.2) is 0 Å². The van der Waals surface area contributed by atoms with Crippen molar-refractivity contribution in [1.29, 1.82) is 0 Å². The van der Waals surface area contributed by atoms with Gasteiger partial charge >= 0.3 is 5.97 Å². The number of hydrogen-bond donors (Lipinski definition) is 3. The van der Waals surface area contributed by atoms with E-state index in [1.165, 1.54) is 7.11 Å². The Kier molecular flexibility index (Phi) is 6.95. The largest absolute Gasteiger partial charge is 0.496 e. The Bertz CT molecular complexity index is 1150. The molecule has 2 amide bonds. The third kappa shape index (κ3) is 4.80. The number of carboxylic acid groups (broad SMARTS) is 1. The van der Waals surface area contributed by atoms with E-state index in [9.17, 15) is 24.3 Å². The van der Waals surface area contributed by atoms with Crippen LogP contribution in [-0.4, -0.2) is 52.4 Å². The average molecular weight is 482 g/mol. The van der Waals surface area contributed by atoms with Crippen LogP contribution >= 0.6 is 0 Å². The standard InChI is InChI=1S/C26H31N3O6/c1-14(2)22(28-24(31)17-6-4-5-7-20(17)35-3)25(32)27-18-9-8-15-10-11-29-13-16(26(33)34)12-19(30)21(18)23(15)29/h4-7,10-11,14,16,18,21-22H,8-9,12-13H2,1-3H3,(H,27,32)(H,28,31)(H,33,34)/t16-,18-,21?,22?/m0/s1. The number of aliphatic carboxylic acids is 1. The van der Waals surface area contributed by atoms with Crippen molar-refractivity contribution in [3.63, 3.8) is 0 Å². The highest BCUT2D eigenvalue weighted by Gasteiger charge is 2.42. The molecular weight excluding hydrogens is 450 g/mol. The second kappa shape index (κ2) is 9.93. The lowest BCUT2D eigenvalue weighted by molar-refractivity contribution is -0.144. The predicted molar refractivity (Wildman–Crippen MR) is 127 cm³/mol. The Balaban J connectivity index is 1.55. The van der Waals surface area contributed by atoms with Gasteiger partial charge in [-0.05, 0) is 42.5 Å². The summed E-state index contributed by atoms with van der Waals surface area (Å²) >= 11 is 0. The number of ether oxygens (including phenoxy) is 1. The molecule has 0 spiro atoms. The fourth-order valence-electron chi connectivity index (χ4n) is 5.18. The molecule has 0 saturated carbocycles. The molecule has 0 radical (unpaired) electrons. The van der Waals surface area contributed by atoms with Crippen LogP contribution in [0.4, 0.5) is 0 Å². The second-order valence-corrected chi connectivity index (χ2v) is 9.61. The average Bonchev–Trinajstić information content (AvgIpc) is 3.16. The summed E-state index contributed by atoms with van der Waals surface area (Å²) in [7, 11) is 1.48. The minimum Gasteiger partial charge on any atom is -0.496 e. The lowest BCUT2D eigenvalue weighted by Gasteiger charge is -2.33. The number of aryl methyl sites for hydroxylation is 1. The fourth-order valence-corrected chi connectivity index (χ4v) is 5.18. The van der Waals surface area contributed by atoms with Gasteiger partial charge in [-0.3, -0.25) is 19.2 Å². The zero-order valence-electron chi connectivity index (χ0n) is 20.1. The Morgan fingerprint density at radius 1 is 1.17 bits per heavy atom. The molecule has 9 nitrogen and oxygen atoms in total. The van der Waals surface area contributed by atoms with Crippen molar-refractivity contribution in [3.05, 3.63) is 53.3 Å². The summed E-state index contributed by atoms with van der Waals surface area (Å²) in [6.45, 7) is 3.91. The van der Waals surface area contributed by atoms with Crippen molar-refractivity contribution in [3.8, 4) is 5.75 Å². The van der Waals surface area contributed by atoms with E-state index in [4.69, 9.17) is 4.74 Å². The number of para-hydroxylation sites is 1. The molecule has 1 aliphatic heterocycles. The summed E-state index contributed by atoms with van der Waals surface area (Å²) in [6.07, 6.45) is 2.99. The molecular formula is C26H31N3O6. The minimum atomic E-state index is -1.00. The number of Topliss-reactive ketones (excluding diaryl/α,β-unsaturated/α-hetero) is 1. The van der Waals surface area contributed by atoms with E-state index >= 15 is 0 Å². The number of ketones is 1. The van der Waals surface area contributed by atoms with E-state index in [1.54, 1.807) is 24.3 Å². The number of hydrogen-bond acceptors (Lipinski definition) is 5. The lowest BCUT2D eigenvalue weighted by atomic mass is 9.79. The number of nitrogens with one attached hydrogen (secondary N) is 2. The number of nitrogens with zero attached hydrogens (tertiary/aromatic N) is 1. The van der Waals surface area contributed by atoms with Crippen molar-refractivity contribution < 1.29 is 29.0 Å². The van der Waals surface area contributed by atoms with Gasteiger partial charge in [-0.25, -0.2) is 0 Å². The minimum absolute atomic E-state index is 0.0777. The zero-order chi connectivity index (χ0) is 25.3. The van der Waals surface area contributed by atoms with Gasteiger partial charge in [-0.1, -0.05) is 26.0 Å². The first kappa shape index (κ1) is 24.5. The van der Waals surface area contributed by atoms with E-state index in [2.05, 4.69) is 10.6 Å². The fraction of sp³-hybridized carbons (Fsp3) is 0.462. The molecule has 2 unspecified atom stereocenters. The monoisotopic (exact) mass is 481 g/mol. The molecule has 4 atom stereocenters. The second-order valence-electron chi connectivity index (χ2n) is 9.61. The van der Waals surface area contributed by atoms with E-state index in [0.717, 1.165) is 11.3 Å². The molecule has 2 aliphatic rings.